The Morgan fingerprint density at radius 2 is 1.89 bits per heavy atom. The van der Waals surface area contributed by atoms with Crippen molar-refractivity contribution in [2.45, 2.75) is 65.3 Å². The predicted octanol–water partition coefficient (Wildman–Crippen LogP) is 3.13. The molecule has 3 heteroatoms. The Balaban J connectivity index is 2.47. The molecule has 1 aliphatic carbocycles. The Bertz CT molecular complexity index is 252. The minimum absolute atomic E-state index is 0.0872. The van der Waals surface area contributed by atoms with Crippen LogP contribution in [-0.2, 0) is 9.53 Å². The van der Waals surface area contributed by atoms with E-state index in [9.17, 15) is 4.79 Å². The van der Waals surface area contributed by atoms with Crippen LogP contribution >= 0.6 is 0 Å². The van der Waals surface area contributed by atoms with Crippen molar-refractivity contribution in [2.75, 3.05) is 13.7 Å². The molecule has 1 atom stereocenters. The summed E-state index contributed by atoms with van der Waals surface area (Å²) < 4.78 is 4.95. The molecule has 18 heavy (non-hydrogen) atoms. The molecule has 3 nitrogen and oxygen atoms in total. The number of nitrogens with one attached hydrogen (secondary N) is 1. The lowest BCUT2D eigenvalue weighted by Gasteiger charge is -2.30. The molecular weight excluding hydrogens is 226 g/mol. The van der Waals surface area contributed by atoms with Crippen LogP contribution in [-0.4, -0.2) is 25.7 Å². The van der Waals surface area contributed by atoms with Gasteiger partial charge in [0.2, 0.25) is 0 Å². The van der Waals surface area contributed by atoms with Gasteiger partial charge in [0.05, 0.1) is 7.11 Å². The van der Waals surface area contributed by atoms with Gasteiger partial charge in [-0.25, -0.2) is 0 Å². The predicted molar refractivity (Wildman–Crippen MR) is 74.5 cm³/mol. The first-order valence-electron chi connectivity index (χ1n) is 7.25. The molecule has 0 saturated heterocycles. The number of carbonyl (C=O) groups is 1. The van der Waals surface area contributed by atoms with Gasteiger partial charge in [-0.2, -0.15) is 0 Å². The number of hydrogen-bond acceptors (Lipinski definition) is 3. The van der Waals surface area contributed by atoms with Crippen LogP contribution in [0.3, 0.4) is 0 Å². The van der Waals surface area contributed by atoms with Gasteiger partial charge in [-0.3, -0.25) is 4.79 Å². The van der Waals surface area contributed by atoms with Crippen molar-refractivity contribution < 1.29 is 9.53 Å². The van der Waals surface area contributed by atoms with E-state index in [-0.39, 0.29) is 12.0 Å². The van der Waals surface area contributed by atoms with Crippen molar-refractivity contribution in [3.63, 3.8) is 0 Å². The minimum Gasteiger partial charge on any atom is -0.468 e. The molecule has 0 heterocycles. The van der Waals surface area contributed by atoms with Crippen LogP contribution in [0.25, 0.3) is 0 Å². The van der Waals surface area contributed by atoms with E-state index in [1.165, 1.54) is 26.4 Å². The summed E-state index contributed by atoms with van der Waals surface area (Å²) in [6, 6.07) is -0.0994. The van der Waals surface area contributed by atoms with Gasteiger partial charge < -0.3 is 10.1 Å². The van der Waals surface area contributed by atoms with E-state index in [4.69, 9.17) is 4.74 Å². The van der Waals surface area contributed by atoms with E-state index < -0.39 is 0 Å². The molecule has 106 valence electrons. The summed E-state index contributed by atoms with van der Waals surface area (Å²) in [5.41, 5.74) is 0.306. The number of rotatable bonds is 5. The van der Waals surface area contributed by atoms with Crippen molar-refractivity contribution in [2.24, 2.45) is 11.3 Å². The fraction of sp³-hybridized carbons (Fsp3) is 0.933. The second kappa shape index (κ2) is 7.13. The Morgan fingerprint density at radius 3 is 2.39 bits per heavy atom. The molecule has 0 amide bonds. The third-order valence-corrected chi connectivity index (χ3v) is 3.82. The van der Waals surface area contributed by atoms with Crippen molar-refractivity contribution >= 4 is 5.97 Å². The first kappa shape index (κ1) is 15.5. The fourth-order valence-corrected chi connectivity index (χ4v) is 2.64. The molecule has 1 saturated carbocycles. The first-order valence-corrected chi connectivity index (χ1v) is 7.25. The first-order chi connectivity index (χ1) is 8.44. The Kier molecular flexibility index (Phi) is 6.13. The number of carbonyl (C=O) groups excluding carboxylic acids is 1. The summed E-state index contributed by atoms with van der Waals surface area (Å²) in [6.07, 6.45) is 7.20. The molecule has 1 unspecified atom stereocenters. The lowest BCUT2D eigenvalue weighted by molar-refractivity contribution is -0.145. The fourth-order valence-electron chi connectivity index (χ4n) is 2.64. The zero-order chi connectivity index (χ0) is 13.6. The van der Waals surface area contributed by atoms with Crippen molar-refractivity contribution in [3.05, 3.63) is 0 Å². The quantitative estimate of drug-likeness (QED) is 0.767. The van der Waals surface area contributed by atoms with Gasteiger partial charge in [0.1, 0.15) is 6.04 Å². The van der Waals surface area contributed by atoms with Gasteiger partial charge >= 0.3 is 5.97 Å². The smallest absolute Gasteiger partial charge is 0.323 e. The van der Waals surface area contributed by atoms with Crippen LogP contribution < -0.4 is 5.32 Å². The molecule has 0 aliphatic heterocycles. The summed E-state index contributed by atoms with van der Waals surface area (Å²) in [6.45, 7) is 7.56. The van der Waals surface area contributed by atoms with Crippen LogP contribution in [0.1, 0.15) is 59.3 Å². The standard InChI is InChI=1S/C15H29NO2/c1-15(2,3)10-11-16-13(14(17)18-4)12-8-6-5-7-9-12/h12-13,16H,5-11H2,1-4H3. The van der Waals surface area contributed by atoms with E-state index >= 15 is 0 Å². The molecule has 1 rings (SSSR count). The minimum atomic E-state index is -0.0994. The maximum atomic E-state index is 11.9. The van der Waals surface area contributed by atoms with E-state index in [0.29, 0.717) is 11.3 Å². The van der Waals surface area contributed by atoms with Gasteiger partial charge in [0.15, 0.2) is 0 Å². The third kappa shape index (κ3) is 5.38. The summed E-state index contributed by atoms with van der Waals surface area (Å²) in [5.74, 6) is 0.377. The lowest BCUT2D eigenvalue weighted by Crippen LogP contribution is -2.45. The van der Waals surface area contributed by atoms with Gasteiger partial charge in [0, 0.05) is 0 Å². The lowest BCUT2D eigenvalue weighted by atomic mass is 9.83. The van der Waals surface area contributed by atoms with Gasteiger partial charge in [-0.05, 0) is 37.1 Å². The Morgan fingerprint density at radius 1 is 1.28 bits per heavy atom. The van der Waals surface area contributed by atoms with E-state index in [1.807, 2.05) is 0 Å². The molecule has 1 aliphatic rings. The highest BCUT2D eigenvalue weighted by atomic mass is 16.5. The zero-order valence-electron chi connectivity index (χ0n) is 12.4. The topological polar surface area (TPSA) is 38.3 Å². The second-order valence-corrected chi connectivity index (χ2v) is 6.66. The highest BCUT2D eigenvalue weighted by molar-refractivity contribution is 5.76. The maximum absolute atomic E-state index is 11.9. The SMILES string of the molecule is COC(=O)C(NCCC(C)(C)C)C1CCCCC1. The largest absolute Gasteiger partial charge is 0.468 e. The van der Waals surface area contributed by atoms with Crippen molar-refractivity contribution in [1.82, 2.24) is 5.32 Å². The second-order valence-electron chi connectivity index (χ2n) is 6.66. The summed E-state index contributed by atoms with van der Waals surface area (Å²) in [7, 11) is 1.49. The maximum Gasteiger partial charge on any atom is 0.323 e. The average molecular weight is 255 g/mol. The third-order valence-electron chi connectivity index (χ3n) is 3.82. The van der Waals surface area contributed by atoms with Crippen LogP contribution in [0.2, 0.25) is 0 Å². The molecular formula is C15H29NO2. The van der Waals surface area contributed by atoms with E-state index in [1.54, 1.807) is 0 Å². The molecule has 1 N–H and O–H groups in total. The monoisotopic (exact) mass is 255 g/mol. The molecule has 0 spiro atoms. The molecule has 0 radical (unpaired) electrons. The average Bonchev–Trinajstić information content (AvgIpc) is 2.33. The molecule has 0 aromatic heterocycles. The van der Waals surface area contributed by atoms with Crippen LogP contribution in [0.15, 0.2) is 0 Å². The Labute approximate surface area is 112 Å². The van der Waals surface area contributed by atoms with Crippen molar-refractivity contribution in [1.29, 1.82) is 0 Å². The molecule has 0 bridgehead atoms. The molecule has 0 aromatic rings. The number of esters is 1. The van der Waals surface area contributed by atoms with Crippen LogP contribution in [0.5, 0.6) is 0 Å². The molecule has 1 fully saturated rings. The molecule has 0 aromatic carbocycles. The Hall–Kier alpha value is -0.570. The summed E-state index contributed by atoms with van der Waals surface area (Å²) in [4.78, 5) is 11.9. The van der Waals surface area contributed by atoms with Gasteiger partial charge in [-0.15, -0.1) is 0 Å². The van der Waals surface area contributed by atoms with E-state index in [2.05, 4.69) is 26.1 Å². The van der Waals surface area contributed by atoms with Crippen LogP contribution in [0.4, 0.5) is 0 Å². The zero-order valence-corrected chi connectivity index (χ0v) is 12.4. The highest BCUT2D eigenvalue weighted by Crippen LogP contribution is 2.27. The highest BCUT2D eigenvalue weighted by Gasteiger charge is 2.30. The van der Waals surface area contributed by atoms with Crippen molar-refractivity contribution in [3.8, 4) is 0 Å². The number of hydrogen-bond donors (Lipinski definition) is 1. The summed E-state index contributed by atoms with van der Waals surface area (Å²) >= 11 is 0. The number of methoxy groups -OCH3 is 1. The normalized spacial score (nSPS) is 19.6. The van der Waals surface area contributed by atoms with Gasteiger partial charge in [0.25, 0.3) is 0 Å². The number of ether oxygens (including phenoxy) is 1. The van der Waals surface area contributed by atoms with Gasteiger partial charge in [-0.1, -0.05) is 40.0 Å². The van der Waals surface area contributed by atoms with E-state index in [0.717, 1.165) is 25.8 Å². The van der Waals surface area contributed by atoms with Crippen LogP contribution in [0, 0.1) is 11.3 Å². The summed E-state index contributed by atoms with van der Waals surface area (Å²) in [5, 5.41) is 3.42.